The van der Waals surface area contributed by atoms with Crippen molar-refractivity contribution in [2.24, 2.45) is 0 Å². The van der Waals surface area contributed by atoms with E-state index in [4.69, 9.17) is 4.74 Å². The predicted octanol–water partition coefficient (Wildman–Crippen LogP) is 3.83. The first-order valence-electron chi connectivity index (χ1n) is 13.2. The Hall–Kier alpha value is -4.44. The first kappa shape index (κ1) is 28.6. The number of amides is 3. The number of ether oxygens (including phenoxy) is 1. The van der Waals surface area contributed by atoms with E-state index in [2.05, 4.69) is 20.9 Å². The summed E-state index contributed by atoms with van der Waals surface area (Å²) in [5, 5.41) is 18.1. The van der Waals surface area contributed by atoms with E-state index in [0.29, 0.717) is 24.3 Å². The Labute approximate surface area is 232 Å². The fourth-order valence-electron chi connectivity index (χ4n) is 4.55. The number of nitrogens with one attached hydrogen (secondary N) is 3. The lowest BCUT2D eigenvalue weighted by Crippen LogP contribution is -2.52. The minimum atomic E-state index is -0.880. The molecule has 1 saturated heterocycles. The molecule has 4 N–H and O–H groups in total. The molecule has 0 bridgehead atoms. The lowest BCUT2D eigenvalue weighted by atomic mass is 10.0. The smallest absolute Gasteiger partial charge is 0.338 e. The van der Waals surface area contributed by atoms with Crippen LogP contribution >= 0.6 is 0 Å². The van der Waals surface area contributed by atoms with Crippen LogP contribution in [0.25, 0.3) is 0 Å². The molecule has 4 rings (SSSR count). The third-order valence-corrected chi connectivity index (χ3v) is 6.59. The summed E-state index contributed by atoms with van der Waals surface area (Å²) < 4.78 is 18.2. The van der Waals surface area contributed by atoms with Crippen molar-refractivity contribution < 1.29 is 28.6 Å². The topological polar surface area (TPSA) is 120 Å². The molecule has 1 aliphatic rings. The average molecular weight is 549 g/mol. The van der Waals surface area contributed by atoms with Gasteiger partial charge in [-0.15, -0.1) is 0 Å². The van der Waals surface area contributed by atoms with Crippen molar-refractivity contribution in [2.75, 3.05) is 25.0 Å². The summed E-state index contributed by atoms with van der Waals surface area (Å²) >= 11 is 0. The number of halogens is 1. The summed E-state index contributed by atoms with van der Waals surface area (Å²) in [7, 11) is 0. The molecule has 1 fully saturated rings. The number of nitrogens with zero attached hydrogens (tertiary/aromatic N) is 1. The highest BCUT2D eigenvalue weighted by atomic mass is 19.1. The molecular formula is C30H33FN4O5. The van der Waals surface area contributed by atoms with Crippen molar-refractivity contribution in [3.8, 4) is 5.75 Å². The van der Waals surface area contributed by atoms with Crippen LogP contribution in [0.4, 0.5) is 14.9 Å². The van der Waals surface area contributed by atoms with Gasteiger partial charge in [0, 0.05) is 37.8 Å². The van der Waals surface area contributed by atoms with Crippen molar-refractivity contribution in [1.82, 2.24) is 15.5 Å². The number of aromatic hydroxyl groups is 1. The number of phenolic OH excluding ortho intramolecular Hbond substituents is 1. The maximum absolute atomic E-state index is 13.3. The van der Waals surface area contributed by atoms with E-state index in [1.807, 2.05) is 0 Å². The monoisotopic (exact) mass is 548 g/mol. The molecule has 0 radical (unpaired) electrons. The first-order chi connectivity index (χ1) is 19.3. The van der Waals surface area contributed by atoms with E-state index < -0.39 is 18.0 Å². The molecule has 40 heavy (non-hydrogen) atoms. The second-order valence-corrected chi connectivity index (χ2v) is 9.68. The summed E-state index contributed by atoms with van der Waals surface area (Å²) in [5.41, 5.74) is 2.57. The highest BCUT2D eigenvalue weighted by Crippen LogP contribution is 2.16. The molecule has 0 spiro atoms. The first-order valence-corrected chi connectivity index (χ1v) is 13.2. The maximum Gasteiger partial charge on any atom is 0.338 e. The zero-order valence-electron chi connectivity index (χ0n) is 22.2. The highest BCUT2D eigenvalue weighted by Gasteiger charge is 2.28. The van der Waals surface area contributed by atoms with Crippen LogP contribution < -0.4 is 16.0 Å². The maximum atomic E-state index is 13.3. The molecule has 0 aliphatic carbocycles. The van der Waals surface area contributed by atoms with Crippen LogP contribution in [0, 0.1) is 5.82 Å². The average Bonchev–Trinajstić information content (AvgIpc) is 3.37. The van der Waals surface area contributed by atoms with Gasteiger partial charge in [-0.3, -0.25) is 9.69 Å². The summed E-state index contributed by atoms with van der Waals surface area (Å²) in [4.78, 5) is 40.2. The molecule has 3 aromatic rings. The van der Waals surface area contributed by atoms with E-state index in [9.17, 15) is 23.9 Å². The predicted molar refractivity (Wildman–Crippen MR) is 148 cm³/mol. The fourth-order valence-corrected chi connectivity index (χ4v) is 4.55. The van der Waals surface area contributed by atoms with Gasteiger partial charge in [0.2, 0.25) is 5.91 Å². The SMILES string of the molecule is CCOC(=O)c1ccc(NC(=O)N[C@H](Cc2ccc(O)cc2)C(=O)N[C@H]2CCN(Cc3ccc(F)cc3)C2)cc1. The van der Waals surface area contributed by atoms with Crippen LogP contribution in [0.3, 0.4) is 0 Å². The number of anilines is 1. The lowest BCUT2D eigenvalue weighted by Gasteiger charge is -2.22. The number of phenols is 1. The van der Waals surface area contributed by atoms with Crippen LogP contribution in [0.2, 0.25) is 0 Å². The van der Waals surface area contributed by atoms with Gasteiger partial charge >= 0.3 is 12.0 Å². The number of carbonyl (C=O) groups is 3. The van der Waals surface area contributed by atoms with Crippen LogP contribution in [-0.4, -0.2) is 59.7 Å². The van der Waals surface area contributed by atoms with Crippen molar-refractivity contribution >= 4 is 23.6 Å². The second kappa shape index (κ2) is 13.6. The van der Waals surface area contributed by atoms with Gasteiger partial charge < -0.3 is 25.8 Å². The standard InChI is InChI=1S/C30H33FN4O5/c1-2-40-29(38)22-7-11-24(12-8-22)33-30(39)34-27(17-20-5-13-26(36)14-6-20)28(37)32-25-15-16-35(19-25)18-21-3-9-23(31)10-4-21/h3-14,25,27,36H,2,15-19H2,1H3,(H,32,37)(H2,33,34,39)/t25-,27+/m0/s1. The minimum Gasteiger partial charge on any atom is -0.508 e. The van der Waals surface area contributed by atoms with Crippen molar-refractivity contribution in [3.63, 3.8) is 0 Å². The van der Waals surface area contributed by atoms with E-state index >= 15 is 0 Å². The number of hydrogen-bond acceptors (Lipinski definition) is 6. The van der Waals surface area contributed by atoms with Gasteiger partial charge in [-0.2, -0.15) is 0 Å². The summed E-state index contributed by atoms with van der Waals surface area (Å²) in [6.45, 7) is 4.05. The number of benzene rings is 3. The summed E-state index contributed by atoms with van der Waals surface area (Å²) in [6, 6.07) is 17.5. The van der Waals surface area contributed by atoms with Gasteiger partial charge in [0.15, 0.2) is 0 Å². The van der Waals surface area contributed by atoms with Gasteiger partial charge in [-0.25, -0.2) is 14.0 Å². The normalized spacial score (nSPS) is 15.7. The molecule has 3 amide bonds. The van der Waals surface area contributed by atoms with E-state index in [0.717, 1.165) is 24.1 Å². The number of hydrogen-bond donors (Lipinski definition) is 4. The Bertz CT molecular complexity index is 1300. The van der Waals surface area contributed by atoms with E-state index in [-0.39, 0.29) is 36.5 Å². The van der Waals surface area contributed by atoms with Gasteiger partial charge in [-0.05, 0) is 73.0 Å². The molecule has 2 atom stereocenters. The highest BCUT2D eigenvalue weighted by molar-refractivity contribution is 5.95. The summed E-state index contributed by atoms with van der Waals surface area (Å²) in [5.74, 6) is -0.948. The Morgan fingerprint density at radius 1 is 1.00 bits per heavy atom. The molecule has 0 unspecified atom stereocenters. The molecule has 1 aliphatic heterocycles. The molecule has 9 nitrogen and oxygen atoms in total. The van der Waals surface area contributed by atoms with E-state index in [1.54, 1.807) is 55.5 Å². The molecule has 3 aromatic carbocycles. The van der Waals surface area contributed by atoms with Crippen molar-refractivity contribution in [1.29, 1.82) is 0 Å². The Morgan fingerprint density at radius 2 is 1.68 bits per heavy atom. The Kier molecular flexibility index (Phi) is 9.69. The third kappa shape index (κ3) is 8.28. The van der Waals surface area contributed by atoms with Crippen molar-refractivity contribution in [2.45, 2.75) is 38.4 Å². The summed E-state index contributed by atoms with van der Waals surface area (Å²) in [6.07, 6.45) is 0.964. The third-order valence-electron chi connectivity index (χ3n) is 6.59. The number of rotatable bonds is 10. The molecule has 10 heteroatoms. The Balaban J connectivity index is 1.37. The van der Waals surface area contributed by atoms with Gasteiger partial charge in [-0.1, -0.05) is 24.3 Å². The van der Waals surface area contributed by atoms with Crippen LogP contribution in [-0.2, 0) is 22.5 Å². The van der Waals surface area contributed by atoms with Gasteiger partial charge in [0.25, 0.3) is 0 Å². The quantitative estimate of drug-likeness (QED) is 0.286. The molecule has 1 heterocycles. The second-order valence-electron chi connectivity index (χ2n) is 9.68. The number of esters is 1. The van der Waals surface area contributed by atoms with Gasteiger partial charge in [0.05, 0.1) is 12.2 Å². The number of likely N-dealkylation sites (tertiary alicyclic amines) is 1. The zero-order valence-corrected chi connectivity index (χ0v) is 22.2. The fraction of sp³-hybridized carbons (Fsp3) is 0.300. The van der Waals surface area contributed by atoms with Crippen LogP contribution in [0.1, 0.15) is 34.8 Å². The van der Waals surface area contributed by atoms with Crippen LogP contribution in [0.15, 0.2) is 72.8 Å². The molecule has 0 aromatic heterocycles. The van der Waals surface area contributed by atoms with E-state index in [1.165, 1.54) is 24.3 Å². The largest absolute Gasteiger partial charge is 0.508 e. The Morgan fingerprint density at radius 3 is 2.35 bits per heavy atom. The molecule has 210 valence electrons. The van der Waals surface area contributed by atoms with Crippen LogP contribution in [0.5, 0.6) is 5.75 Å². The molecule has 0 saturated carbocycles. The number of carbonyl (C=O) groups excluding carboxylic acids is 3. The minimum absolute atomic E-state index is 0.101. The lowest BCUT2D eigenvalue weighted by molar-refractivity contribution is -0.123. The van der Waals surface area contributed by atoms with Gasteiger partial charge in [0.1, 0.15) is 17.6 Å². The van der Waals surface area contributed by atoms with Crippen molar-refractivity contribution in [3.05, 3.63) is 95.3 Å². The number of urea groups is 1. The zero-order chi connectivity index (χ0) is 28.5. The molecular weight excluding hydrogens is 515 g/mol.